The van der Waals surface area contributed by atoms with Crippen LogP contribution in [0.2, 0.25) is 0 Å². The predicted molar refractivity (Wildman–Crippen MR) is 88.4 cm³/mol. The average molecular weight is 370 g/mol. The summed E-state index contributed by atoms with van der Waals surface area (Å²) in [6, 6.07) is 2.92. The first-order valence-electron chi connectivity index (χ1n) is 8.13. The smallest absolute Gasteiger partial charge is 0.399 e. The van der Waals surface area contributed by atoms with Crippen molar-refractivity contribution in [3.8, 4) is 0 Å². The number of alkyl halides is 3. The molecule has 0 saturated carbocycles. The summed E-state index contributed by atoms with van der Waals surface area (Å²) in [5.41, 5.74) is -1.33. The first-order chi connectivity index (χ1) is 11.9. The molecule has 0 amide bonds. The van der Waals surface area contributed by atoms with E-state index in [1.165, 1.54) is 10.7 Å². The minimum absolute atomic E-state index is 0.0723. The Morgan fingerprint density at radius 3 is 2.31 bits per heavy atom. The second kappa shape index (κ2) is 6.09. The molecule has 9 heteroatoms. The highest BCUT2D eigenvalue weighted by atomic mass is 19.4. The zero-order chi connectivity index (χ0) is 19.3. The Morgan fingerprint density at radius 1 is 1.12 bits per heavy atom. The highest BCUT2D eigenvalue weighted by molar-refractivity contribution is 6.61. The summed E-state index contributed by atoms with van der Waals surface area (Å²) in [6.45, 7) is 7.77. The molecule has 0 atom stereocenters. The van der Waals surface area contributed by atoms with Gasteiger partial charge in [-0.15, -0.1) is 0 Å². The van der Waals surface area contributed by atoms with E-state index in [1.807, 2.05) is 27.7 Å². The summed E-state index contributed by atoms with van der Waals surface area (Å²) in [7, 11) is -0.604. The van der Waals surface area contributed by atoms with E-state index < -0.39 is 35.9 Å². The first-order valence-corrected chi connectivity index (χ1v) is 8.13. The van der Waals surface area contributed by atoms with Crippen molar-refractivity contribution in [1.82, 2.24) is 9.78 Å². The van der Waals surface area contributed by atoms with Crippen LogP contribution in [0, 0.1) is 5.82 Å². The van der Waals surface area contributed by atoms with Crippen molar-refractivity contribution in [2.75, 3.05) is 0 Å². The van der Waals surface area contributed by atoms with Gasteiger partial charge in [0.05, 0.1) is 23.3 Å². The Hall–Kier alpha value is -1.87. The number of hydrogen-bond donors (Lipinski definition) is 0. The van der Waals surface area contributed by atoms with E-state index in [-0.39, 0.29) is 6.54 Å². The number of halogens is 4. The van der Waals surface area contributed by atoms with Crippen LogP contribution in [0.4, 0.5) is 17.6 Å². The van der Waals surface area contributed by atoms with Crippen LogP contribution in [0.15, 0.2) is 30.6 Å². The quantitative estimate of drug-likeness (QED) is 0.614. The molecule has 1 aliphatic heterocycles. The summed E-state index contributed by atoms with van der Waals surface area (Å²) in [5.74, 6) is -1.29. The molecule has 140 valence electrons. The lowest BCUT2D eigenvalue weighted by Gasteiger charge is -2.32. The zero-order valence-corrected chi connectivity index (χ0v) is 14.9. The summed E-state index contributed by atoms with van der Waals surface area (Å²) >= 11 is 0. The standard InChI is InChI=1S/C17H19BF4N2O2/c1-15(2)16(3,4)26-18(25-15)12-8-23-24(10-12)9-11-5-6-14(19)13(7-11)17(20,21)22/h5-8,10H,9H2,1-4H3. The SMILES string of the molecule is CC1(C)OB(c2cnn(Cc3ccc(F)c(C(F)(F)F)c3)c2)OC1(C)C. The normalized spacial score (nSPS) is 19.2. The van der Waals surface area contributed by atoms with Crippen molar-refractivity contribution in [3.05, 3.63) is 47.5 Å². The van der Waals surface area contributed by atoms with Gasteiger partial charge in [-0.25, -0.2) is 4.39 Å². The Bertz CT molecular complexity index is 801. The van der Waals surface area contributed by atoms with Crippen LogP contribution in [0.3, 0.4) is 0 Å². The molecule has 4 nitrogen and oxygen atoms in total. The van der Waals surface area contributed by atoms with E-state index in [0.717, 1.165) is 12.1 Å². The molecule has 0 aliphatic carbocycles. The molecule has 0 radical (unpaired) electrons. The van der Waals surface area contributed by atoms with Gasteiger partial charge < -0.3 is 9.31 Å². The summed E-state index contributed by atoms with van der Waals surface area (Å²) < 4.78 is 65.2. The minimum Gasteiger partial charge on any atom is -0.399 e. The van der Waals surface area contributed by atoms with E-state index in [9.17, 15) is 17.6 Å². The van der Waals surface area contributed by atoms with Crippen LogP contribution in [0.1, 0.15) is 38.8 Å². The number of hydrogen-bond acceptors (Lipinski definition) is 3. The molecule has 3 rings (SSSR count). The van der Waals surface area contributed by atoms with Crippen LogP contribution in [0.5, 0.6) is 0 Å². The lowest BCUT2D eigenvalue weighted by atomic mass is 9.82. The molecule has 0 spiro atoms. The van der Waals surface area contributed by atoms with E-state index in [1.54, 1.807) is 12.4 Å². The van der Waals surface area contributed by atoms with Gasteiger partial charge in [-0.2, -0.15) is 18.3 Å². The topological polar surface area (TPSA) is 36.3 Å². The van der Waals surface area contributed by atoms with Crippen molar-refractivity contribution < 1.29 is 26.9 Å². The van der Waals surface area contributed by atoms with Crippen molar-refractivity contribution in [2.24, 2.45) is 0 Å². The fraction of sp³-hybridized carbons (Fsp3) is 0.471. The molecule has 2 aromatic rings. The number of aromatic nitrogens is 2. The Labute approximate surface area is 149 Å². The maximum atomic E-state index is 13.4. The maximum Gasteiger partial charge on any atom is 0.498 e. The van der Waals surface area contributed by atoms with E-state index in [2.05, 4.69) is 5.10 Å². The third kappa shape index (κ3) is 3.50. The maximum absolute atomic E-state index is 13.4. The van der Waals surface area contributed by atoms with Crippen molar-refractivity contribution in [3.63, 3.8) is 0 Å². The van der Waals surface area contributed by atoms with Crippen LogP contribution in [-0.2, 0) is 22.0 Å². The molecule has 2 heterocycles. The number of nitrogens with zero attached hydrogens (tertiary/aromatic N) is 2. The highest BCUT2D eigenvalue weighted by Gasteiger charge is 2.52. The van der Waals surface area contributed by atoms with E-state index in [4.69, 9.17) is 9.31 Å². The van der Waals surface area contributed by atoms with Gasteiger partial charge in [0.2, 0.25) is 0 Å². The van der Waals surface area contributed by atoms with E-state index in [0.29, 0.717) is 11.0 Å². The Morgan fingerprint density at radius 2 is 1.73 bits per heavy atom. The first kappa shape index (κ1) is 18.9. The van der Waals surface area contributed by atoms with Crippen LogP contribution < -0.4 is 5.46 Å². The molecule has 26 heavy (non-hydrogen) atoms. The average Bonchev–Trinajstić information content (AvgIpc) is 3.03. The molecular formula is C17H19BF4N2O2. The summed E-state index contributed by atoms with van der Waals surface area (Å²) in [6.07, 6.45) is -1.53. The van der Waals surface area contributed by atoms with Gasteiger partial charge >= 0.3 is 13.3 Å². The van der Waals surface area contributed by atoms with Crippen LogP contribution in [0.25, 0.3) is 0 Å². The molecule has 1 saturated heterocycles. The summed E-state index contributed by atoms with van der Waals surface area (Å²) in [5, 5.41) is 4.15. The molecule has 1 aromatic carbocycles. The molecule has 1 aliphatic rings. The van der Waals surface area contributed by atoms with Crippen LogP contribution in [-0.4, -0.2) is 28.1 Å². The highest BCUT2D eigenvalue weighted by Crippen LogP contribution is 2.36. The molecule has 1 fully saturated rings. The van der Waals surface area contributed by atoms with Gasteiger partial charge in [0.15, 0.2) is 0 Å². The number of benzene rings is 1. The molecule has 0 bridgehead atoms. The van der Waals surface area contributed by atoms with Gasteiger partial charge in [0.25, 0.3) is 0 Å². The second-order valence-electron chi connectivity index (χ2n) is 7.37. The zero-order valence-electron chi connectivity index (χ0n) is 14.9. The lowest BCUT2D eigenvalue weighted by Crippen LogP contribution is -2.41. The monoisotopic (exact) mass is 370 g/mol. The molecule has 0 unspecified atom stereocenters. The third-order valence-electron chi connectivity index (χ3n) is 4.86. The van der Waals surface area contributed by atoms with Gasteiger partial charge in [-0.3, -0.25) is 4.68 Å². The van der Waals surface area contributed by atoms with Crippen LogP contribution >= 0.6 is 0 Å². The van der Waals surface area contributed by atoms with Gasteiger partial charge in [0.1, 0.15) is 5.82 Å². The van der Waals surface area contributed by atoms with Gasteiger partial charge in [0, 0.05) is 17.9 Å². The number of rotatable bonds is 3. The second-order valence-corrected chi connectivity index (χ2v) is 7.37. The Balaban J connectivity index is 1.78. The lowest BCUT2D eigenvalue weighted by molar-refractivity contribution is -0.140. The van der Waals surface area contributed by atoms with Gasteiger partial charge in [-0.1, -0.05) is 6.07 Å². The van der Waals surface area contributed by atoms with Crippen molar-refractivity contribution in [2.45, 2.75) is 51.6 Å². The Kier molecular flexibility index (Phi) is 4.43. The molecule has 0 N–H and O–H groups in total. The molecular weight excluding hydrogens is 351 g/mol. The fourth-order valence-electron chi connectivity index (χ4n) is 2.64. The predicted octanol–water partition coefficient (Wildman–Crippen LogP) is 3.39. The van der Waals surface area contributed by atoms with E-state index >= 15 is 0 Å². The molecule has 1 aromatic heterocycles. The van der Waals surface area contributed by atoms with Gasteiger partial charge in [-0.05, 0) is 45.4 Å². The minimum atomic E-state index is -4.74. The largest absolute Gasteiger partial charge is 0.498 e. The van der Waals surface area contributed by atoms with Crippen molar-refractivity contribution in [1.29, 1.82) is 0 Å². The summed E-state index contributed by atoms with van der Waals surface area (Å²) in [4.78, 5) is 0. The fourth-order valence-corrected chi connectivity index (χ4v) is 2.64. The third-order valence-corrected chi connectivity index (χ3v) is 4.86. The van der Waals surface area contributed by atoms with Crippen molar-refractivity contribution >= 4 is 12.6 Å².